The summed E-state index contributed by atoms with van der Waals surface area (Å²) in [5, 5.41) is 0.576. The molecule has 0 saturated carbocycles. The van der Waals surface area contributed by atoms with E-state index < -0.39 is 8.07 Å². The minimum absolute atomic E-state index is 0.333. The Morgan fingerprint density at radius 2 is 0.867 bits per heavy atom. The molecule has 0 bridgehead atoms. The molecular weight excluding hydrogens is 198 g/mol. The van der Waals surface area contributed by atoms with Crippen LogP contribution in [0, 0.1) is 0 Å². The molecule has 94 valence electrons. The summed E-state index contributed by atoms with van der Waals surface area (Å²) < 4.78 is 0. The third-order valence-electron chi connectivity index (χ3n) is 3.59. The summed E-state index contributed by atoms with van der Waals surface area (Å²) in [4.78, 5) is 2.19. The quantitative estimate of drug-likeness (QED) is 0.556. The summed E-state index contributed by atoms with van der Waals surface area (Å²) in [5.74, 6) is 0. The van der Waals surface area contributed by atoms with Gasteiger partial charge in [0.25, 0.3) is 0 Å². The van der Waals surface area contributed by atoms with E-state index in [1.165, 1.54) is 0 Å². The average Bonchev–Trinajstić information content (AvgIpc) is 1.80. The van der Waals surface area contributed by atoms with Crippen molar-refractivity contribution in [2.45, 2.75) is 71.8 Å². The molecule has 0 aromatic rings. The maximum atomic E-state index is 2.41. The van der Waals surface area contributed by atoms with Crippen molar-refractivity contribution in [3.8, 4) is 0 Å². The Bertz CT molecular complexity index is 152. The normalized spacial score (nSPS) is 13.6. The second kappa shape index (κ2) is 5.49. The molecule has 0 unspecified atom stereocenters. The minimum atomic E-state index is -0.859. The van der Waals surface area contributed by atoms with Crippen LogP contribution in [0.3, 0.4) is 0 Å². The summed E-state index contributed by atoms with van der Waals surface area (Å²) in [7, 11) is 3.31. The van der Waals surface area contributed by atoms with Gasteiger partial charge >= 0.3 is 0 Å². The van der Waals surface area contributed by atoms with Crippen LogP contribution < -0.4 is 0 Å². The average molecular weight is 231 g/mol. The van der Waals surface area contributed by atoms with Crippen LogP contribution in [0.4, 0.5) is 0 Å². The monoisotopic (exact) mass is 231 g/mol. The van der Waals surface area contributed by atoms with Gasteiger partial charge in [0.15, 0.2) is 0 Å². The molecule has 0 aliphatic rings. The Morgan fingerprint density at radius 3 is 0.867 bits per heavy atom. The Balaban J connectivity index is 0. The van der Waals surface area contributed by atoms with E-state index in [-0.39, 0.29) is 0 Å². The van der Waals surface area contributed by atoms with Crippen molar-refractivity contribution in [3.05, 3.63) is 0 Å². The van der Waals surface area contributed by atoms with Crippen LogP contribution in [0.25, 0.3) is 0 Å². The standard InChI is InChI=1S/C7H18Si.C6H15N/c1-7(2,3)8(4,5)6;1-6(2,3)7(4)5/h1-6H3;1-5H3. The van der Waals surface area contributed by atoms with Crippen LogP contribution in [0.1, 0.15) is 41.5 Å². The molecule has 0 radical (unpaired) electrons. The lowest BCUT2D eigenvalue weighted by Gasteiger charge is -2.32. The van der Waals surface area contributed by atoms with E-state index in [9.17, 15) is 0 Å². The fraction of sp³-hybridized carbons (Fsp3) is 1.00. The fourth-order valence-electron chi connectivity index (χ4n) is 0. The van der Waals surface area contributed by atoms with Gasteiger partial charge < -0.3 is 4.90 Å². The number of rotatable bonds is 0. The molecule has 15 heavy (non-hydrogen) atoms. The molecule has 0 aliphatic carbocycles. The summed E-state index contributed by atoms with van der Waals surface area (Å²) in [5.41, 5.74) is 0.333. The molecule has 0 aromatic heterocycles. The Kier molecular flexibility index (Phi) is 6.43. The van der Waals surface area contributed by atoms with Crippen LogP contribution in [0.5, 0.6) is 0 Å². The minimum Gasteiger partial charge on any atom is -0.305 e. The number of nitrogens with zero attached hydrogens (tertiary/aromatic N) is 1. The van der Waals surface area contributed by atoms with Crippen LogP contribution in [0.15, 0.2) is 0 Å². The van der Waals surface area contributed by atoms with Gasteiger partial charge in [-0.25, -0.2) is 0 Å². The van der Waals surface area contributed by atoms with Crippen molar-refractivity contribution in [3.63, 3.8) is 0 Å². The first-order valence-corrected chi connectivity index (χ1v) is 9.37. The van der Waals surface area contributed by atoms with Crippen LogP contribution in [-0.2, 0) is 0 Å². The Labute approximate surface area is 99.3 Å². The topological polar surface area (TPSA) is 3.24 Å². The van der Waals surface area contributed by atoms with E-state index in [0.717, 1.165) is 0 Å². The first-order valence-electron chi connectivity index (χ1n) is 5.87. The van der Waals surface area contributed by atoms with Gasteiger partial charge in [-0.05, 0) is 39.9 Å². The largest absolute Gasteiger partial charge is 0.305 e. The van der Waals surface area contributed by atoms with Gasteiger partial charge in [0.05, 0.1) is 0 Å². The zero-order valence-corrected chi connectivity index (χ0v) is 13.9. The van der Waals surface area contributed by atoms with Crippen molar-refractivity contribution in [1.29, 1.82) is 0 Å². The third kappa shape index (κ3) is 9.13. The van der Waals surface area contributed by atoms with Crippen LogP contribution in [0.2, 0.25) is 24.7 Å². The summed E-state index contributed by atoms with van der Waals surface area (Å²) in [6, 6.07) is 0. The van der Waals surface area contributed by atoms with Crippen LogP contribution in [-0.4, -0.2) is 32.6 Å². The van der Waals surface area contributed by atoms with Crippen molar-refractivity contribution < 1.29 is 0 Å². The van der Waals surface area contributed by atoms with Gasteiger partial charge in [-0.15, -0.1) is 0 Å². The van der Waals surface area contributed by atoms with Crippen molar-refractivity contribution >= 4 is 8.07 Å². The van der Waals surface area contributed by atoms with Gasteiger partial charge in [0.2, 0.25) is 0 Å². The molecule has 2 heteroatoms. The first-order chi connectivity index (χ1) is 6.19. The Morgan fingerprint density at radius 1 is 0.733 bits per heavy atom. The smallest absolute Gasteiger partial charge is 0.0496 e. The van der Waals surface area contributed by atoms with E-state index in [2.05, 4.69) is 80.2 Å². The zero-order chi connectivity index (χ0) is 13.1. The number of hydrogen-bond acceptors (Lipinski definition) is 1. The van der Waals surface area contributed by atoms with Gasteiger partial charge in [-0.1, -0.05) is 40.4 Å². The summed E-state index contributed by atoms with van der Waals surface area (Å²) in [6.07, 6.45) is 0. The Hall–Kier alpha value is 0.177. The maximum Gasteiger partial charge on any atom is 0.0496 e. The summed E-state index contributed by atoms with van der Waals surface area (Å²) in [6.45, 7) is 20.8. The predicted molar refractivity (Wildman–Crippen MR) is 76.5 cm³/mol. The lowest BCUT2D eigenvalue weighted by atomic mass is 10.1. The lowest BCUT2D eigenvalue weighted by molar-refractivity contribution is 0.219. The van der Waals surface area contributed by atoms with E-state index in [0.29, 0.717) is 10.6 Å². The van der Waals surface area contributed by atoms with E-state index in [1.807, 2.05) is 0 Å². The molecule has 0 fully saturated rings. The molecule has 0 N–H and O–H groups in total. The number of hydrogen-bond donors (Lipinski definition) is 0. The zero-order valence-electron chi connectivity index (χ0n) is 12.9. The van der Waals surface area contributed by atoms with Gasteiger partial charge in [-0.3, -0.25) is 0 Å². The fourth-order valence-corrected chi connectivity index (χ4v) is 0. The molecule has 0 aromatic carbocycles. The first kappa shape index (κ1) is 17.6. The second-order valence-electron chi connectivity index (χ2n) is 7.57. The van der Waals surface area contributed by atoms with E-state index in [1.54, 1.807) is 0 Å². The molecule has 0 rings (SSSR count). The molecule has 0 atom stereocenters. The van der Waals surface area contributed by atoms with Crippen molar-refractivity contribution in [2.24, 2.45) is 0 Å². The van der Waals surface area contributed by atoms with E-state index >= 15 is 0 Å². The van der Waals surface area contributed by atoms with Crippen LogP contribution >= 0.6 is 0 Å². The van der Waals surface area contributed by atoms with E-state index in [4.69, 9.17) is 0 Å². The van der Waals surface area contributed by atoms with Gasteiger partial charge in [0, 0.05) is 13.6 Å². The maximum absolute atomic E-state index is 2.41. The highest BCUT2D eigenvalue weighted by atomic mass is 28.3. The predicted octanol–water partition coefficient (Wildman–Crippen LogP) is 4.47. The highest BCUT2D eigenvalue weighted by Crippen LogP contribution is 2.35. The molecular formula is C13H33NSi. The molecule has 1 nitrogen and oxygen atoms in total. The highest BCUT2D eigenvalue weighted by Gasteiger charge is 2.29. The molecule has 0 heterocycles. The SMILES string of the molecule is CC(C)(C)[Si](C)(C)C.CN(C)C(C)(C)C. The molecule has 0 saturated heterocycles. The highest BCUT2D eigenvalue weighted by molar-refractivity contribution is 6.78. The molecule has 0 spiro atoms. The van der Waals surface area contributed by atoms with Gasteiger partial charge in [-0.2, -0.15) is 0 Å². The molecule has 0 aliphatic heterocycles. The molecule has 0 amide bonds. The van der Waals surface area contributed by atoms with Crippen molar-refractivity contribution in [2.75, 3.05) is 14.1 Å². The van der Waals surface area contributed by atoms with Gasteiger partial charge in [0.1, 0.15) is 0 Å². The van der Waals surface area contributed by atoms with Crippen molar-refractivity contribution in [1.82, 2.24) is 4.90 Å². The summed E-state index contributed by atoms with van der Waals surface area (Å²) >= 11 is 0. The third-order valence-corrected chi connectivity index (χ3v) is 8.09. The lowest BCUT2D eigenvalue weighted by Crippen LogP contribution is -2.34. The second-order valence-corrected chi connectivity index (χ2v) is 13.6.